The molecule has 7 nitrogen and oxygen atoms in total. The van der Waals surface area contributed by atoms with E-state index < -0.39 is 17.9 Å². The molecule has 2 aliphatic rings. The molecule has 2 atom stereocenters. The van der Waals surface area contributed by atoms with Crippen LogP contribution in [0.4, 0.5) is 19.6 Å². The van der Waals surface area contributed by atoms with E-state index in [1.807, 2.05) is 24.1 Å². The second-order valence-electron chi connectivity index (χ2n) is 8.96. The number of aromatic nitrogens is 3. The minimum Gasteiger partial charge on any atom is -0.370 e. The second-order valence-corrected chi connectivity index (χ2v) is 10.4. The molecule has 2 fully saturated rings. The van der Waals surface area contributed by atoms with Crippen molar-refractivity contribution in [2.24, 2.45) is 11.8 Å². The number of anilines is 2. The summed E-state index contributed by atoms with van der Waals surface area (Å²) in [5.41, 5.74) is 2.94. The van der Waals surface area contributed by atoms with Gasteiger partial charge in [-0.25, -0.2) is 13.8 Å². The maximum Gasteiger partial charge on any atom is 0.232 e. The van der Waals surface area contributed by atoms with Crippen LogP contribution in [0.1, 0.15) is 6.42 Å². The van der Waals surface area contributed by atoms with Gasteiger partial charge in [-0.3, -0.25) is 9.89 Å². The molecule has 0 radical (unpaired) electrons. The summed E-state index contributed by atoms with van der Waals surface area (Å²) in [5.74, 6) is -0.976. The lowest BCUT2D eigenvalue weighted by molar-refractivity contribution is -0.117. The number of fused-ring (bicyclic) bond motifs is 2. The Morgan fingerprint density at radius 1 is 1.38 bits per heavy atom. The number of nitrogens with one attached hydrogen (secondary N) is 3. The van der Waals surface area contributed by atoms with Gasteiger partial charge in [0, 0.05) is 43.5 Å². The van der Waals surface area contributed by atoms with Crippen molar-refractivity contribution in [3.05, 3.63) is 35.2 Å². The summed E-state index contributed by atoms with van der Waals surface area (Å²) in [4.78, 5) is 18.4. The van der Waals surface area contributed by atoms with E-state index in [-0.39, 0.29) is 17.4 Å². The molecular weight excluding hydrogens is 482 g/mol. The molecule has 0 unspecified atom stereocenters. The maximum atomic E-state index is 15.6. The van der Waals surface area contributed by atoms with Crippen molar-refractivity contribution in [1.29, 1.82) is 0 Å². The van der Waals surface area contributed by atoms with Crippen LogP contribution in [0.5, 0.6) is 0 Å². The summed E-state index contributed by atoms with van der Waals surface area (Å²) in [6.07, 6.45) is 0.848. The molecule has 3 N–H and O–H groups in total. The van der Waals surface area contributed by atoms with Crippen molar-refractivity contribution in [2.75, 3.05) is 36.9 Å². The first-order chi connectivity index (χ1) is 16.4. The predicted molar refractivity (Wildman–Crippen MR) is 131 cm³/mol. The third kappa shape index (κ3) is 3.60. The van der Waals surface area contributed by atoms with Gasteiger partial charge in [-0.15, -0.1) is 0 Å². The van der Waals surface area contributed by atoms with E-state index in [4.69, 9.17) is 11.6 Å². The third-order valence-electron chi connectivity index (χ3n) is 6.50. The van der Waals surface area contributed by atoms with Crippen molar-refractivity contribution >= 4 is 60.8 Å². The molecule has 4 aromatic rings. The van der Waals surface area contributed by atoms with E-state index in [1.165, 1.54) is 11.3 Å². The number of nitrogens with zero attached hydrogens (tertiary/aromatic N) is 3. The van der Waals surface area contributed by atoms with E-state index in [0.29, 0.717) is 45.4 Å². The highest BCUT2D eigenvalue weighted by Gasteiger charge is 2.43. The monoisotopic (exact) mass is 502 g/mol. The fourth-order valence-electron chi connectivity index (χ4n) is 4.46. The fraction of sp³-hybridized carbons (Fsp3) is 0.348. The van der Waals surface area contributed by atoms with E-state index >= 15 is 4.39 Å². The highest BCUT2D eigenvalue weighted by atomic mass is 35.5. The minimum atomic E-state index is -1.07. The van der Waals surface area contributed by atoms with E-state index in [1.54, 1.807) is 12.3 Å². The first-order valence-electron chi connectivity index (χ1n) is 11.0. The molecule has 2 aromatic heterocycles. The van der Waals surface area contributed by atoms with Gasteiger partial charge in [-0.2, -0.15) is 5.10 Å². The first kappa shape index (κ1) is 21.7. The number of alkyl halides is 1. The van der Waals surface area contributed by atoms with Gasteiger partial charge in [0.15, 0.2) is 10.9 Å². The van der Waals surface area contributed by atoms with Gasteiger partial charge in [-0.1, -0.05) is 29.0 Å². The minimum absolute atomic E-state index is 0.0302. The Hall–Kier alpha value is -2.82. The number of amides is 1. The molecule has 1 aliphatic carbocycles. The number of benzene rings is 2. The van der Waals surface area contributed by atoms with Crippen LogP contribution < -0.4 is 15.5 Å². The number of thiazole rings is 1. The molecule has 34 heavy (non-hydrogen) atoms. The van der Waals surface area contributed by atoms with Gasteiger partial charge in [0.2, 0.25) is 5.91 Å². The Bertz CT molecular complexity index is 1430. The van der Waals surface area contributed by atoms with E-state index in [9.17, 15) is 9.18 Å². The van der Waals surface area contributed by atoms with Crippen LogP contribution in [0.25, 0.3) is 32.2 Å². The number of rotatable bonds is 6. The molecule has 11 heteroatoms. The molecular formula is C23H21ClF2N6OS. The molecule has 3 heterocycles. The number of hydrogen-bond donors (Lipinski definition) is 3. The molecule has 0 spiro atoms. The average Bonchev–Trinajstić information content (AvgIpc) is 3.15. The van der Waals surface area contributed by atoms with Crippen LogP contribution in [0.2, 0.25) is 5.02 Å². The van der Waals surface area contributed by atoms with Crippen LogP contribution in [0.3, 0.4) is 0 Å². The number of hydrogen-bond acceptors (Lipinski definition) is 6. The summed E-state index contributed by atoms with van der Waals surface area (Å²) in [7, 11) is 1.86. The van der Waals surface area contributed by atoms with Gasteiger partial charge in [0.05, 0.1) is 32.9 Å². The SMILES string of the molecule is CN(CC1CNC1)c1c(F)c(Cl)c(-c2ccc3nc(NC(=O)[C@@H]4C[C@@H]4F)sc3c2)c2cn[nH]c12. The van der Waals surface area contributed by atoms with Crippen LogP contribution in [-0.2, 0) is 4.79 Å². The Labute approximate surface area is 202 Å². The van der Waals surface area contributed by atoms with Gasteiger partial charge >= 0.3 is 0 Å². The summed E-state index contributed by atoms with van der Waals surface area (Å²) in [5, 5.41) is 14.2. The van der Waals surface area contributed by atoms with E-state index in [0.717, 1.165) is 23.2 Å². The number of H-pyrrole nitrogens is 1. The number of carbonyl (C=O) groups is 1. The highest BCUT2D eigenvalue weighted by molar-refractivity contribution is 7.22. The molecule has 0 bridgehead atoms. The molecule has 6 rings (SSSR count). The van der Waals surface area contributed by atoms with Crippen molar-refractivity contribution in [3.8, 4) is 11.1 Å². The van der Waals surface area contributed by atoms with Crippen LogP contribution >= 0.6 is 22.9 Å². The topological polar surface area (TPSA) is 85.9 Å². The molecule has 176 valence electrons. The van der Waals surface area contributed by atoms with Gasteiger partial charge in [-0.05, 0) is 24.1 Å². The summed E-state index contributed by atoms with van der Waals surface area (Å²) in [6, 6.07) is 5.49. The van der Waals surface area contributed by atoms with Crippen LogP contribution in [0, 0.1) is 17.7 Å². The van der Waals surface area contributed by atoms with Crippen LogP contribution in [-0.4, -0.2) is 53.9 Å². The van der Waals surface area contributed by atoms with Crippen molar-refractivity contribution in [1.82, 2.24) is 20.5 Å². The standard InChI is InChI=1S/C23H21ClF2N6OS/c1-32(9-10-6-27-7-10)21-19(26)18(24)17(13-8-28-31-20(13)21)11-2-3-15-16(4-11)34-23(29-15)30-22(33)12-5-14(12)25/h2-4,8,10,12,14,27H,5-7,9H2,1H3,(H,28,31)(H,29,30,33)/t12-,14+/m1/s1. The van der Waals surface area contributed by atoms with E-state index in [2.05, 4.69) is 25.8 Å². The zero-order valence-electron chi connectivity index (χ0n) is 18.2. The zero-order valence-corrected chi connectivity index (χ0v) is 19.7. The number of aromatic amines is 1. The Morgan fingerprint density at radius 2 is 2.18 bits per heavy atom. The maximum absolute atomic E-state index is 15.6. The van der Waals surface area contributed by atoms with Crippen molar-refractivity contribution in [3.63, 3.8) is 0 Å². The molecule has 2 aromatic carbocycles. The third-order valence-corrected chi connectivity index (χ3v) is 7.79. The second kappa shape index (κ2) is 8.14. The lowest BCUT2D eigenvalue weighted by Crippen LogP contribution is -2.47. The Kier molecular flexibility index (Phi) is 5.20. The van der Waals surface area contributed by atoms with Crippen molar-refractivity contribution < 1.29 is 13.6 Å². The smallest absolute Gasteiger partial charge is 0.232 e. The highest BCUT2D eigenvalue weighted by Crippen LogP contribution is 2.44. The Balaban J connectivity index is 1.38. The van der Waals surface area contributed by atoms with Gasteiger partial charge in [0.25, 0.3) is 0 Å². The summed E-state index contributed by atoms with van der Waals surface area (Å²) < 4.78 is 29.6. The lowest BCUT2D eigenvalue weighted by Gasteiger charge is -2.32. The summed E-state index contributed by atoms with van der Waals surface area (Å²) >= 11 is 7.90. The summed E-state index contributed by atoms with van der Waals surface area (Å²) in [6.45, 7) is 2.53. The number of carbonyl (C=O) groups excluding carboxylic acids is 1. The van der Waals surface area contributed by atoms with Crippen LogP contribution in [0.15, 0.2) is 24.4 Å². The average molecular weight is 503 g/mol. The molecule has 1 aliphatic heterocycles. The van der Waals surface area contributed by atoms with Gasteiger partial charge < -0.3 is 15.5 Å². The largest absolute Gasteiger partial charge is 0.370 e. The normalized spacial score (nSPS) is 20.0. The number of halogens is 3. The molecule has 1 saturated carbocycles. The Morgan fingerprint density at radius 3 is 2.88 bits per heavy atom. The van der Waals surface area contributed by atoms with Gasteiger partial charge in [0.1, 0.15) is 11.9 Å². The molecule has 1 saturated heterocycles. The lowest BCUT2D eigenvalue weighted by atomic mass is 9.99. The molecule has 1 amide bonds. The predicted octanol–water partition coefficient (Wildman–Crippen LogP) is 4.58. The van der Waals surface area contributed by atoms with Crippen molar-refractivity contribution in [2.45, 2.75) is 12.6 Å². The fourth-order valence-corrected chi connectivity index (χ4v) is 5.67. The quantitative estimate of drug-likeness (QED) is 0.359. The zero-order chi connectivity index (χ0) is 23.6. The first-order valence-corrected chi connectivity index (χ1v) is 12.2.